The van der Waals surface area contributed by atoms with Crippen molar-refractivity contribution in [1.82, 2.24) is 10.2 Å². The van der Waals surface area contributed by atoms with E-state index in [0.29, 0.717) is 17.2 Å². The molecule has 0 bridgehead atoms. The predicted octanol–water partition coefficient (Wildman–Crippen LogP) is 5.41. The smallest absolute Gasteiger partial charge is 0.264 e. The van der Waals surface area contributed by atoms with Gasteiger partial charge < -0.3 is 15.0 Å². The lowest BCUT2D eigenvalue weighted by Gasteiger charge is -2.33. The topological polar surface area (TPSA) is 96.0 Å². The monoisotopic (exact) mass is 597 g/mol. The van der Waals surface area contributed by atoms with Crippen LogP contribution in [0.3, 0.4) is 0 Å². The Kier molecular flexibility index (Phi) is 10.3. The van der Waals surface area contributed by atoms with Gasteiger partial charge in [0.2, 0.25) is 11.8 Å². The van der Waals surface area contributed by atoms with Gasteiger partial charge in [-0.3, -0.25) is 13.9 Å². The third kappa shape index (κ3) is 7.59. The first-order valence-corrected chi connectivity index (χ1v) is 15.6. The molecule has 2 amide bonds. The van der Waals surface area contributed by atoms with E-state index in [4.69, 9.17) is 16.3 Å². The van der Waals surface area contributed by atoms with Gasteiger partial charge in [-0.15, -0.1) is 0 Å². The molecule has 1 aliphatic rings. The van der Waals surface area contributed by atoms with Gasteiger partial charge >= 0.3 is 0 Å². The summed E-state index contributed by atoms with van der Waals surface area (Å²) in [5.41, 5.74) is 1.04. The number of sulfonamides is 1. The number of amides is 2. The van der Waals surface area contributed by atoms with E-state index in [1.54, 1.807) is 55.6 Å². The van der Waals surface area contributed by atoms with E-state index in [1.807, 2.05) is 19.1 Å². The van der Waals surface area contributed by atoms with E-state index in [0.717, 1.165) is 35.6 Å². The van der Waals surface area contributed by atoms with Crippen molar-refractivity contribution in [2.75, 3.05) is 18.0 Å². The van der Waals surface area contributed by atoms with Crippen LogP contribution in [-0.2, 0) is 26.2 Å². The Labute approximate surface area is 247 Å². The van der Waals surface area contributed by atoms with Crippen molar-refractivity contribution in [3.63, 3.8) is 0 Å². The zero-order valence-electron chi connectivity index (χ0n) is 23.3. The minimum absolute atomic E-state index is 0.0421. The molecule has 0 aromatic heterocycles. The molecule has 3 aromatic carbocycles. The Bertz CT molecular complexity index is 1430. The first-order valence-electron chi connectivity index (χ1n) is 13.8. The van der Waals surface area contributed by atoms with Crippen LogP contribution in [0.25, 0.3) is 0 Å². The number of nitrogens with one attached hydrogen (secondary N) is 1. The molecule has 0 heterocycles. The number of benzene rings is 3. The lowest BCUT2D eigenvalue weighted by molar-refractivity contribution is -0.140. The van der Waals surface area contributed by atoms with Crippen molar-refractivity contribution in [3.05, 3.63) is 89.4 Å². The molecule has 1 saturated carbocycles. The highest BCUT2D eigenvalue weighted by atomic mass is 35.5. The van der Waals surface area contributed by atoms with Crippen molar-refractivity contribution in [2.45, 2.75) is 62.6 Å². The van der Waals surface area contributed by atoms with Crippen LogP contribution in [0.2, 0.25) is 5.02 Å². The van der Waals surface area contributed by atoms with Crippen molar-refractivity contribution in [3.8, 4) is 5.75 Å². The quantitative estimate of drug-likeness (QED) is 0.301. The maximum absolute atomic E-state index is 14.1. The second kappa shape index (κ2) is 13.9. The van der Waals surface area contributed by atoms with E-state index >= 15 is 0 Å². The summed E-state index contributed by atoms with van der Waals surface area (Å²) in [6, 6.07) is 20.8. The maximum Gasteiger partial charge on any atom is 0.264 e. The van der Waals surface area contributed by atoms with Gasteiger partial charge in [-0.2, -0.15) is 0 Å². The van der Waals surface area contributed by atoms with E-state index in [2.05, 4.69) is 5.32 Å². The van der Waals surface area contributed by atoms with Crippen LogP contribution in [0, 0.1) is 0 Å². The number of nitrogens with zero attached hydrogens (tertiary/aromatic N) is 2. The largest absolute Gasteiger partial charge is 0.497 e. The fraction of sp³-hybridized carbons (Fsp3) is 0.355. The Morgan fingerprint density at radius 3 is 2.29 bits per heavy atom. The summed E-state index contributed by atoms with van der Waals surface area (Å²) in [5.74, 6) is -0.0751. The third-order valence-electron chi connectivity index (χ3n) is 7.31. The van der Waals surface area contributed by atoms with Crippen LogP contribution in [-0.4, -0.2) is 50.9 Å². The van der Waals surface area contributed by atoms with Crippen LogP contribution in [0.15, 0.2) is 83.8 Å². The summed E-state index contributed by atoms with van der Waals surface area (Å²) in [4.78, 5) is 29.2. The highest BCUT2D eigenvalue weighted by Crippen LogP contribution is 2.27. The third-order valence-corrected chi connectivity index (χ3v) is 9.33. The summed E-state index contributed by atoms with van der Waals surface area (Å²) < 4.78 is 34.0. The number of carbonyl (C=O) groups excluding carboxylic acids is 2. The first-order chi connectivity index (χ1) is 19.7. The molecule has 4 rings (SSSR count). The Balaban J connectivity index is 1.70. The summed E-state index contributed by atoms with van der Waals surface area (Å²) >= 11 is 6.23. The fourth-order valence-electron chi connectivity index (χ4n) is 5.09. The van der Waals surface area contributed by atoms with Crippen LogP contribution in [0.1, 0.15) is 44.6 Å². The van der Waals surface area contributed by atoms with Gasteiger partial charge in [0.05, 0.1) is 17.7 Å². The summed E-state index contributed by atoms with van der Waals surface area (Å²) in [7, 11) is -2.57. The van der Waals surface area contributed by atoms with Crippen molar-refractivity contribution in [1.29, 1.82) is 0 Å². The number of hydrogen-bond donors (Lipinski definition) is 1. The van der Waals surface area contributed by atoms with Gasteiger partial charge in [0, 0.05) is 17.6 Å². The molecule has 3 aromatic rings. The number of rotatable bonds is 12. The maximum atomic E-state index is 14.1. The second-order valence-corrected chi connectivity index (χ2v) is 12.4. The average Bonchev–Trinajstić information content (AvgIpc) is 3.49. The number of methoxy groups -OCH3 is 1. The molecule has 41 heavy (non-hydrogen) atoms. The molecule has 10 heteroatoms. The zero-order valence-corrected chi connectivity index (χ0v) is 24.9. The zero-order chi connectivity index (χ0) is 29.4. The van der Waals surface area contributed by atoms with Crippen LogP contribution < -0.4 is 14.4 Å². The minimum Gasteiger partial charge on any atom is -0.497 e. The van der Waals surface area contributed by atoms with Crippen LogP contribution in [0.4, 0.5) is 5.69 Å². The molecule has 0 radical (unpaired) electrons. The fourth-order valence-corrected chi connectivity index (χ4v) is 6.71. The molecular weight excluding hydrogens is 562 g/mol. The number of halogens is 1. The number of ether oxygens (including phenoxy) is 1. The highest BCUT2D eigenvalue weighted by Gasteiger charge is 2.34. The molecule has 1 atom stereocenters. The molecule has 0 aliphatic heterocycles. The molecule has 0 saturated heterocycles. The predicted molar refractivity (Wildman–Crippen MR) is 160 cm³/mol. The number of anilines is 1. The average molecular weight is 598 g/mol. The van der Waals surface area contributed by atoms with E-state index in [1.165, 1.54) is 23.1 Å². The van der Waals surface area contributed by atoms with Crippen molar-refractivity contribution >= 4 is 39.1 Å². The first kappa shape index (κ1) is 30.4. The molecule has 218 valence electrons. The highest BCUT2D eigenvalue weighted by molar-refractivity contribution is 7.92. The summed E-state index contributed by atoms with van der Waals surface area (Å²) in [6.45, 7) is 1.46. The lowest BCUT2D eigenvalue weighted by Crippen LogP contribution is -2.53. The molecule has 0 spiro atoms. The van der Waals surface area contributed by atoms with Gasteiger partial charge in [0.1, 0.15) is 18.3 Å². The van der Waals surface area contributed by atoms with Gasteiger partial charge in [-0.1, -0.05) is 67.8 Å². The number of carbonyl (C=O) groups is 2. The van der Waals surface area contributed by atoms with E-state index in [9.17, 15) is 18.0 Å². The molecule has 1 N–H and O–H groups in total. The van der Waals surface area contributed by atoms with Crippen molar-refractivity contribution in [2.24, 2.45) is 0 Å². The second-order valence-electron chi connectivity index (χ2n) is 10.1. The van der Waals surface area contributed by atoms with Gasteiger partial charge in [0.15, 0.2) is 0 Å². The normalized spacial score (nSPS) is 14.3. The SMILES string of the molecule is CCC(C(=O)NC1CCCC1)N(Cc1ccc(OC)cc1)C(=O)CN(c1cccc(Cl)c1)S(=O)(=O)c1ccccc1. The summed E-state index contributed by atoms with van der Waals surface area (Å²) in [6.07, 6.45) is 4.30. The molecule has 1 fully saturated rings. The Hall–Kier alpha value is -3.56. The molecule has 1 unspecified atom stereocenters. The van der Waals surface area contributed by atoms with Gasteiger partial charge in [0.25, 0.3) is 10.0 Å². The molecule has 8 nitrogen and oxygen atoms in total. The van der Waals surface area contributed by atoms with Crippen LogP contribution in [0.5, 0.6) is 5.75 Å². The van der Waals surface area contributed by atoms with E-state index in [-0.39, 0.29) is 29.1 Å². The van der Waals surface area contributed by atoms with Gasteiger partial charge in [-0.05, 0) is 67.3 Å². The van der Waals surface area contributed by atoms with Crippen molar-refractivity contribution < 1.29 is 22.7 Å². The van der Waals surface area contributed by atoms with Gasteiger partial charge in [-0.25, -0.2) is 8.42 Å². The van der Waals surface area contributed by atoms with E-state index < -0.39 is 28.5 Å². The lowest BCUT2D eigenvalue weighted by atomic mass is 10.1. The Morgan fingerprint density at radius 1 is 1.00 bits per heavy atom. The molecular formula is C31H36ClN3O5S. The number of hydrogen-bond acceptors (Lipinski definition) is 5. The minimum atomic E-state index is -4.14. The Morgan fingerprint density at radius 2 is 1.68 bits per heavy atom. The molecule has 1 aliphatic carbocycles. The van der Waals surface area contributed by atoms with Crippen LogP contribution >= 0.6 is 11.6 Å². The standard InChI is InChI=1S/C31H36ClN3O5S/c1-3-29(31(37)33-25-11-7-8-12-25)34(21-23-16-18-27(40-2)19-17-23)30(36)22-35(26-13-9-10-24(32)20-26)41(38,39)28-14-5-4-6-15-28/h4-6,9-10,13-20,25,29H,3,7-8,11-12,21-22H2,1-2H3,(H,33,37). The summed E-state index contributed by atoms with van der Waals surface area (Å²) in [5, 5.41) is 3.45.